The van der Waals surface area contributed by atoms with Crippen molar-refractivity contribution in [3.05, 3.63) is 53.6 Å². The second kappa shape index (κ2) is 5.76. The highest BCUT2D eigenvalue weighted by Gasteiger charge is 2.14. The average Bonchev–Trinajstić information content (AvgIpc) is 3.11. The third kappa shape index (κ3) is 3.00. The maximum absolute atomic E-state index is 13.0. The zero-order valence-electron chi connectivity index (χ0n) is 11.4. The van der Waals surface area contributed by atoms with Crippen molar-refractivity contribution in [1.29, 1.82) is 0 Å². The number of hydrogen-bond acceptors (Lipinski definition) is 4. The molecule has 22 heavy (non-hydrogen) atoms. The van der Waals surface area contributed by atoms with E-state index in [2.05, 4.69) is 20.5 Å². The van der Waals surface area contributed by atoms with E-state index >= 15 is 0 Å². The van der Waals surface area contributed by atoms with Crippen LogP contribution in [0.25, 0.3) is 11.4 Å². The summed E-state index contributed by atoms with van der Waals surface area (Å²) in [4.78, 5) is 11.0. The summed E-state index contributed by atoms with van der Waals surface area (Å²) in [6.45, 7) is -0.256. The lowest BCUT2D eigenvalue weighted by Crippen LogP contribution is -2.13. The molecule has 0 saturated heterocycles. The first-order chi connectivity index (χ1) is 10.6. The second-order valence-corrected chi connectivity index (χ2v) is 4.73. The van der Waals surface area contributed by atoms with Crippen LogP contribution in [0.15, 0.2) is 36.5 Å². The third-order valence-electron chi connectivity index (χ3n) is 3.13. The number of carboxylic acids is 1. The molecular weight excluding hydrogens is 289 g/mol. The van der Waals surface area contributed by atoms with Gasteiger partial charge in [0.05, 0.1) is 6.20 Å². The van der Waals surface area contributed by atoms with Crippen molar-refractivity contribution in [1.82, 2.24) is 25.2 Å². The monoisotopic (exact) mass is 301 g/mol. The van der Waals surface area contributed by atoms with Crippen LogP contribution in [-0.2, 0) is 17.8 Å². The molecule has 2 N–H and O–H groups in total. The van der Waals surface area contributed by atoms with Crippen molar-refractivity contribution in [2.24, 2.45) is 0 Å². The van der Waals surface area contributed by atoms with Crippen molar-refractivity contribution in [3.8, 4) is 11.4 Å². The summed E-state index contributed by atoms with van der Waals surface area (Å²) >= 11 is 0. The molecule has 0 fully saturated rings. The van der Waals surface area contributed by atoms with Crippen LogP contribution in [0.3, 0.4) is 0 Å². The first kappa shape index (κ1) is 13.9. The maximum Gasteiger partial charge on any atom is 0.325 e. The summed E-state index contributed by atoms with van der Waals surface area (Å²) in [7, 11) is 0. The maximum atomic E-state index is 13.0. The van der Waals surface area contributed by atoms with Gasteiger partial charge in [-0.2, -0.15) is 5.10 Å². The Morgan fingerprint density at radius 1 is 1.27 bits per heavy atom. The van der Waals surface area contributed by atoms with Crippen LogP contribution in [0.5, 0.6) is 0 Å². The smallest absolute Gasteiger partial charge is 0.325 e. The van der Waals surface area contributed by atoms with E-state index in [0.29, 0.717) is 23.5 Å². The molecule has 3 aromatic rings. The molecule has 0 saturated carbocycles. The van der Waals surface area contributed by atoms with Crippen LogP contribution in [0.2, 0.25) is 0 Å². The third-order valence-corrected chi connectivity index (χ3v) is 3.13. The predicted octanol–water partition coefficient (Wildman–Crippen LogP) is 1.48. The van der Waals surface area contributed by atoms with E-state index in [1.54, 1.807) is 24.4 Å². The fraction of sp³-hybridized carbons (Fsp3) is 0.143. The number of nitrogens with one attached hydrogen (secondary N) is 1. The summed E-state index contributed by atoms with van der Waals surface area (Å²) in [5, 5.41) is 23.3. The van der Waals surface area contributed by atoms with Crippen LogP contribution >= 0.6 is 0 Å². The Balaban J connectivity index is 1.93. The van der Waals surface area contributed by atoms with Gasteiger partial charge in [-0.3, -0.25) is 14.6 Å². The summed E-state index contributed by atoms with van der Waals surface area (Å²) in [6, 6.07) is 7.80. The molecule has 3 rings (SSSR count). The molecule has 7 nitrogen and oxygen atoms in total. The van der Waals surface area contributed by atoms with Crippen LogP contribution in [0.4, 0.5) is 4.39 Å². The summed E-state index contributed by atoms with van der Waals surface area (Å²) in [6.07, 6.45) is 2.02. The molecule has 0 radical (unpaired) electrons. The van der Waals surface area contributed by atoms with Gasteiger partial charge in [-0.05, 0) is 23.8 Å². The molecule has 0 spiro atoms. The number of halogens is 1. The number of H-pyrrole nitrogens is 1. The molecule has 1 aromatic carbocycles. The number of aromatic nitrogens is 5. The Bertz CT molecular complexity index is 780. The average molecular weight is 301 g/mol. The molecule has 8 heteroatoms. The highest BCUT2D eigenvalue weighted by molar-refractivity contribution is 5.67. The standard InChI is InChI=1S/C14H12FN5O2/c15-10-3-1-9(2-4-10)5-11-6-12(13-7-16-19-17-13)18-20(11)8-14(21)22/h1-4,6-7H,5,8H2,(H,21,22)(H,16,17,19). The lowest BCUT2D eigenvalue weighted by atomic mass is 10.1. The zero-order chi connectivity index (χ0) is 15.5. The Morgan fingerprint density at radius 3 is 2.68 bits per heavy atom. The highest BCUT2D eigenvalue weighted by atomic mass is 19.1. The van der Waals surface area contributed by atoms with Crippen molar-refractivity contribution < 1.29 is 14.3 Å². The molecule has 0 unspecified atom stereocenters. The quantitative estimate of drug-likeness (QED) is 0.744. The molecule has 0 aliphatic carbocycles. The van der Waals surface area contributed by atoms with Crippen LogP contribution < -0.4 is 0 Å². The number of aromatic amines is 1. The minimum absolute atomic E-state index is 0.256. The molecule has 2 heterocycles. The fourth-order valence-electron chi connectivity index (χ4n) is 2.13. The Morgan fingerprint density at radius 2 is 2.05 bits per heavy atom. The van der Waals surface area contributed by atoms with Crippen LogP contribution in [0, 0.1) is 5.82 Å². The van der Waals surface area contributed by atoms with Gasteiger partial charge in [0.15, 0.2) is 0 Å². The van der Waals surface area contributed by atoms with E-state index in [-0.39, 0.29) is 12.4 Å². The Hall–Kier alpha value is -3.03. The summed E-state index contributed by atoms with van der Waals surface area (Å²) in [5.41, 5.74) is 2.63. The van der Waals surface area contributed by atoms with E-state index in [9.17, 15) is 9.18 Å². The van der Waals surface area contributed by atoms with Crippen LogP contribution in [0.1, 0.15) is 11.3 Å². The number of hydrogen-bond donors (Lipinski definition) is 2. The molecule has 2 aromatic heterocycles. The van der Waals surface area contributed by atoms with Gasteiger partial charge in [-0.15, -0.1) is 5.10 Å². The molecule has 0 aliphatic rings. The number of benzene rings is 1. The van der Waals surface area contributed by atoms with E-state index in [1.807, 2.05) is 0 Å². The van der Waals surface area contributed by atoms with Gasteiger partial charge in [-0.25, -0.2) is 4.39 Å². The van der Waals surface area contributed by atoms with Gasteiger partial charge in [0.1, 0.15) is 23.7 Å². The van der Waals surface area contributed by atoms with Gasteiger partial charge in [0.2, 0.25) is 0 Å². The lowest BCUT2D eigenvalue weighted by molar-refractivity contribution is -0.137. The normalized spacial score (nSPS) is 10.8. The highest BCUT2D eigenvalue weighted by Crippen LogP contribution is 2.18. The Kier molecular flexibility index (Phi) is 3.65. The van der Waals surface area contributed by atoms with E-state index < -0.39 is 5.97 Å². The largest absolute Gasteiger partial charge is 0.480 e. The Labute approximate surface area is 124 Å². The van der Waals surface area contributed by atoms with E-state index in [0.717, 1.165) is 5.56 Å². The first-order valence-electron chi connectivity index (χ1n) is 6.51. The van der Waals surface area contributed by atoms with Gasteiger partial charge in [0, 0.05) is 12.1 Å². The van der Waals surface area contributed by atoms with Crippen LogP contribution in [-0.4, -0.2) is 36.3 Å². The van der Waals surface area contributed by atoms with Gasteiger partial charge in [0.25, 0.3) is 0 Å². The van der Waals surface area contributed by atoms with Crippen molar-refractivity contribution in [2.45, 2.75) is 13.0 Å². The van der Waals surface area contributed by atoms with Crippen molar-refractivity contribution in [2.75, 3.05) is 0 Å². The summed E-state index contributed by atoms with van der Waals surface area (Å²) < 4.78 is 14.4. The topological polar surface area (TPSA) is 96.7 Å². The minimum atomic E-state index is -0.991. The van der Waals surface area contributed by atoms with E-state index in [1.165, 1.54) is 16.8 Å². The number of nitrogens with zero attached hydrogens (tertiary/aromatic N) is 4. The van der Waals surface area contributed by atoms with E-state index in [4.69, 9.17) is 5.11 Å². The zero-order valence-corrected chi connectivity index (χ0v) is 11.4. The molecule has 0 amide bonds. The van der Waals surface area contributed by atoms with Crippen molar-refractivity contribution in [3.63, 3.8) is 0 Å². The molecule has 0 atom stereocenters. The molecule has 0 aliphatic heterocycles. The van der Waals surface area contributed by atoms with Gasteiger partial charge >= 0.3 is 5.97 Å². The number of rotatable bonds is 5. The fourth-order valence-corrected chi connectivity index (χ4v) is 2.13. The number of carbonyl (C=O) groups is 1. The predicted molar refractivity (Wildman–Crippen MR) is 74.4 cm³/mol. The van der Waals surface area contributed by atoms with Gasteiger partial charge < -0.3 is 5.11 Å². The minimum Gasteiger partial charge on any atom is -0.480 e. The molecule has 112 valence electrons. The van der Waals surface area contributed by atoms with Gasteiger partial charge in [-0.1, -0.05) is 17.3 Å². The first-order valence-corrected chi connectivity index (χ1v) is 6.51. The molecule has 0 bridgehead atoms. The second-order valence-electron chi connectivity index (χ2n) is 4.73. The van der Waals surface area contributed by atoms with Crippen molar-refractivity contribution >= 4 is 5.97 Å². The molecular formula is C14H12FN5O2. The SMILES string of the molecule is O=C(O)Cn1nc(-c2c[nH]nn2)cc1Cc1ccc(F)cc1. The number of carboxylic acid groups (broad SMARTS) is 1. The lowest BCUT2D eigenvalue weighted by Gasteiger charge is -2.04. The number of aliphatic carboxylic acids is 1. The summed E-state index contributed by atoms with van der Waals surface area (Å²) in [5.74, 6) is -1.30.